The summed E-state index contributed by atoms with van der Waals surface area (Å²) in [5, 5.41) is 0. The lowest BCUT2D eigenvalue weighted by atomic mass is 10.1. The molecule has 3 rings (SSSR count). The first kappa shape index (κ1) is 17.6. The molecule has 23 heavy (non-hydrogen) atoms. The predicted octanol–water partition coefficient (Wildman–Crippen LogP) is 2.09. The minimum atomic E-state index is 0. The van der Waals surface area contributed by atoms with Crippen LogP contribution in [0.5, 0.6) is 11.5 Å². The van der Waals surface area contributed by atoms with Gasteiger partial charge in [0.05, 0.1) is 12.7 Å². The Morgan fingerprint density at radius 2 is 2.26 bits per heavy atom. The summed E-state index contributed by atoms with van der Waals surface area (Å²) < 4.78 is 10.9. The Morgan fingerprint density at radius 3 is 2.91 bits per heavy atom. The number of rotatable bonds is 3. The van der Waals surface area contributed by atoms with E-state index >= 15 is 0 Å². The van der Waals surface area contributed by atoms with Crippen molar-refractivity contribution in [1.29, 1.82) is 0 Å². The zero-order chi connectivity index (χ0) is 15.7. The van der Waals surface area contributed by atoms with Gasteiger partial charge < -0.3 is 20.1 Å². The normalized spacial score (nSPS) is 22.6. The highest BCUT2D eigenvalue weighted by molar-refractivity contribution is 5.99. The lowest BCUT2D eigenvalue weighted by molar-refractivity contribution is -0.128. The summed E-state index contributed by atoms with van der Waals surface area (Å²) in [7, 11) is 1.63. The molecule has 2 heterocycles. The van der Waals surface area contributed by atoms with Crippen LogP contribution >= 0.6 is 12.4 Å². The monoisotopic (exact) mass is 338 g/mol. The molecular formula is C17H23ClN2O3. The second-order valence-electron chi connectivity index (χ2n) is 6.01. The average Bonchev–Trinajstić information content (AvgIpc) is 2.94. The number of amides is 1. The number of likely N-dealkylation sites (tertiary alicyclic amines) is 1. The van der Waals surface area contributed by atoms with Crippen molar-refractivity contribution in [2.75, 3.05) is 26.8 Å². The molecule has 0 saturated carbocycles. The fourth-order valence-corrected chi connectivity index (χ4v) is 3.19. The molecule has 1 saturated heterocycles. The van der Waals surface area contributed by atoms with Gasteiger partial charge in [0.1, 0.15) is 18.1 Å². The summed E-state index contributed by atoms with van der Waals surface area (Å²) in [6.45, 7) is 3.76. The van der Waals surface area contributed by atoms with Gasteiger partial charge in [0.2, 0.25) is 0 Å². The Labute approximate surface area is 142 Å². The standard InChI is InChI=1S/C17H22N2O3.ClH/c1-11-5-12(8-18)9-19(11)17(20)14-6-13-7-15(21-2)3-4-16(13)22-10-14;/h3-4,6-7,11-12H,5,8-10,18H2,1-2H3;1H. The zero-order valence-corrected chi connectivity index (χ0v) is 14.3. The first-order valence-corrected chi connectivity index (χ1v) is 7.64. The third kappa shape index (κ3) is 3.46. The number of hydrogen-bond acceptors (Lipinski definition) is 4. The molecule has 2 aliphatic rings. The van der Waals surface area contributed by atoms with Gasteiger partial charge >= 0.3 is 0 Å². The van der Waals surface area contributed by atoms with Gasteiger partial charge in [0, 0.05) is 18.2 Å². The molecule has 0 aromatic heterocycles. The molecule has 1 fully saturated rings. The highest BCUT2D eigenvalue weighted by atomic mass is 35.5. The van der Waals surface area contributed by atoms with Gasteiger partial charge in [-0.1, -0.05) is 0 Å². The van der Waals surface area contributed by atoms with Crippen LogP contribution in [0, 0.1) is 5.92 Å². The maximum Gasteiger partial charge on any atom is 0.253 e. The van der Waals surface area contributed by atoms with Crippen LogP contribution in [0.15, 0.2) is 23.8 Å². The number of hydrogen-bond donors (Lipinski definition) is 1. The van der Waals surface area contributed by atoms with Crippen molar-refractivity contribution in [2.24, 2.45) is 11.7 Å². The molecule has 1 amide bonds. The van der Waals surface area contributed by atoms with Gasteiger partial charge in [0.15, 0.2) is 0 Å². The first-order valence-electron chi connectivity index (χ1n) is 7.64. The van der Waals surface area contributed by atoms with E-state index in [1.165, 1.54) is 0 Å². The van der Waals surface area contributed by atoms with Gasteiger partial charge in [-0.15, -0.1) is 12.4 Å². The highest BCUT2D eigenvalue weighted by Crippen LogP contribution is 2.32. The van der Waals surface area contributed by atoms with Crippen LogP contribution in [0.25, 0.3) is 6.08 Å². The molecule has 6 heteroatoms. The lowest BCUT2D eigenvalue weighted by Gasteiger charge is -2.25. The Kier molecular flexibility index (Phi) is 5.55. The molecule has 1 aromatic rings. The van der Waals surface area contributed by atoms with Crippen LogP contribution in [-0.2, 0) is 4.79 Å². The number of fused-ring (bicyclic) bond motifs is 1. The van der Waals surface area contributed by atoms with Crippen molar-refractivity contribution in [1.82, 2.24) is 4.90 Å². The van der Waals surface area contributed by atoms with Crippen molar-refractivity contribution >= 4 is 24.4 Å². The third-order valence-corrected chi connectivity index (χ3v) is 4.46. The summed E-state index contributed by atoms with van der Waals surface area (Å²) in [6, 6.07) is 5.84. The highest BCUT2D eigenvalue weighted by Gasteiger charge is 2.33. The second-order valence-corrected chi connectivity index (χ2v) is 6.01. The van der Waals surface area contributed by atoms with Gasteiger partial charge in [-0.2, -0.15) is 0 Å². The number of halogens is 1. The topological polar surface area (TPSA) is 64.8 Å². The number of carbonyl (C=O) groups excluding carboxylic acids is 1. The fourth-order valence-electron chi connectivity index (χ4n) is 3.19. The Morgan fingerprint density at radius 1 is 1.48 bits per heavy atom. The van der Waals surface area contributed by atoms with Gasteiger partial charge in [-0.05, 0) is 50.1 Å². The van der Waals surface area contributed by atoms with Crippen molar-refractivity contribution in [3.63, 3.8) is 0 Å². The summed E-state index contributed by atoms with van der Waals surface area (Å²) in [4.78, 5) is 14.7. The summed E-state index contributed by atoms with van der Waals surface area (Å²) in [6.07, 6.45) is 2.88. The van der Waals surface area contributed by atoms with Crippen LogP contribution in [0.3, 0.4) is 0 Å². The van der Waals surface area contributed by atoms with E-state index in [2.05, 4.69) is 6.92 Å². The summed E-state index contributed by atoms with van der Waals surface area (Å²) >= 11 is 0. The summed E-state index contributed by atoms with van der Waals surface area (Å²) in [5.74, 6) is 1.99. The molecule has 0 aliphatic carbocycles. The van der Waals surface area contributed by atoms with E-state index in [4.69, 9.17) is 15.2 Å². The number of nitrogens with two attached hydrogens (primary N) is 1. The SMILES string of the molecule is COc1ccc2c(c1)C=C(C(=O)N1CC(CN)CC1C)CO2.Cl. The molecule has 2 atom stereocenters. The molecule has 0 spiro atoms. The lowest BCUT2D eigenvalue weighted by Crippen LogP contribution is -2.37. The van der Waals surface area contributed by atoms with E-state index in [1.807, 2.05) is 29.2 Å². The maximum absolute atomic E-state index is 12.7. The minimum absolute atomic E-state index is 0. The quantitative estimate of drug-likeness (QED) is 0.916. The number of nitrogens with zero attached hydrogens (tertiary/aromatic N) is 1. The molecule has 2 N–H and O–H groups in total. The largest absolute Gasteiger partial charge is 0.497 e. The Bertz CT molecular complexity index is 618. The van der Waals surface area contributed by atoms with Crippen LogP contribution in [-0.4, -0.2) is 43.7 Å². The molecule has 2 aliphatic heterocycles. The molecular weight excluding hydrogens is 316 g/mol. The molecule has 5 nitrogen and oxygen atoms in total. The van der Waals surface area contributed by atoms with Crippen molar-refractivity contribution in [3.8, 4) is 11.5 Å². The maximum atomic E-state index is 12.7. The van der Waals surface area contributed by atoms with E-state index in [9.17, 15) is 4.79 Å². The minimum Gasteiger partial charge on any atom is -0.497 e. The van der Waals surface area contributed by atoms with Crippen molar-refractivity contribution in [3.05, 3.63) is 29.3 Å². The van der Waals surface area contributed by atoms with Crippen molar-refractivity contribution < 1.29 is 14.3 Å². The number of carbonyl (C=O) groups is 1. The fraction of sp³-hybridized carbons (Fsp3) is 0.471. The molecule has 0 radical (unpaired) electrons. The van der Waals surface area contributed by atoms with E-state index in [1.54, 1.807) is 7.11 Å². The smallest absolute Gasteiger partial charge is 0.253 e. The Hall–Kier alpha value is -1.72. The van der Waals surface area contributed by atoms with Crippen LogP contribution in [0.2, 0.25) is 0 Å². The van der Waals surface area contributed by atoms with Gasteiger partial charge in [-0.3, -0.25) is 4.79 Å². The van der Waals surface area contributed by atoms with Gasteiger partial charge in [0.25, 0.3) is 5.91 Å². The summed E-state index contributed by atoms with van der Waals surface area (Å²) in [5.41, 5.74) is 7.31. The number of benzene rings is 1. The van der Waals surface area contributed by atoms with Crippen molar-refractivity contribution in [2.45, 2.75) is 19.4 Å². The predicted molar refractivity (Wildman–Crippen MR) is 92.1 cm³/mol. The van der Waals surface area contributed by atoms with Crippen LogP contribution in [0.4, 0.5) is 0 Å². The molecule has 0 bridgehead atoms. The van der Waals surface area contributed by atoms with E-state index in [0.29, 0.717) is 24.6 Å². The average molecular weight is 339 g/mol. The number of ether oxygens (including phenoxy) is 2. The van der Waals surface area contributed by atoms with Gasteiger partial charge in [-0.25, -0.2) is 0 Å². The van der Waals surface area contributed by atoms with E-state index in [0.717, 1.165) is 30.0 Å². The first-order chi connectivity index (χ1) is 10.6. The third-order valence-electron chi connectivity index (χ3n) is 4.46. The Balaban J connectivity index is 0.00000192. The van der Waals surface area contributed by atoms with Crippen LogP contribution < -0.4 is 15.2 Å². The second kappa shape index (κ2) is 7.23. The zero-order valence-electron chi connectivity index (χ0n) is 13.5. The van der Waals surface area contributed by atoms with E-state index < -0.39 is 0 Å². The molecule has 1 aromatic carbocycles. The van der Waals surface area contributed by atoms with E-state index in [-0.39, 0.29) is 24.4 Å². The number of methoxy groups -OCH3 is 1. The van der Waals surface area contributed by atoms with Crippen LogP contribution in [0.1, 0.15) is 18.9 Å². The molecule has 2 unspecified atom stereocenters. The molecule has 126 valence electrons.